The molecule has 0 heterocycles. The van der Waals surface area contributed by atoms with Crippen molar-refractivity contribution in [2.45, 2.75) is 70.6 Å². The third-order valence-corrected chi connectivity index (χ3v) is 4.38. The molecule has 4 heteroatoms. The van der Waals surface area contributed by atoms with Crippen LogP contribution in [0.1, 0.15) is 70.6 Å². The molecule has 0 atom stereocenters. The van der Waals surface area contributed by atoms with Crippen molar-refractivity contribution in [2.24, 2.45) is 5.10 Å². The number of nitrogens with zero attached hydrogens (tertiary/aromatic N) is 1. The Kier molecular flexibility index (Phi) is 8.99. The number of rotatable bonds is 4. The van der Waals surface area contributed by atoms with Gasteiger partial charge in [-0.15, -0.1) is 0 Å². The Morgan fingerprint density at radius 1 is 0.875 bits per heavy atom. The second-order valence-electron chi connectivity index (χ2n) is 6.50. The summed E-state index contributed by atoms with van der Waals surface area (Å²) in [7, 11) is 0. The van der Waals surface area contributed by atoms with Gasteiger partial charge in [0.25, 0.3) is 5.91 Å². The lowest BCUT2D eigenvalue weighted by Crippen LogP contribution is -2.25. The first-order valence-corrected chi connectivity index (χ1v) is 9.37. The highest BCUT2D eigenvalue weighted by atomic mass is 16.5. The Bertz CT molecular complexity index is 486. The molecule has 1 N–H and O–H groups in total. The molecule has 1 aromatic rings. The summed E-state index contributed by atoms with van der Waals surface area (Å²) in [5, 5.41) is 4.36. The number of nitrogens with one attached hydrogen (secondary N) is 1. The van der Waals surface area contributed by atoms with E-state index in [1.807, 2.05) is 30.3 Å². The van der Waals surface area contributed by atoms with E-state index in [0.717, 1.165) is 18.6 Å². The Morgan fingerprint density at radius 3 is 2.00 bits per heavy atom. The molecule has 1 amide bonds. The van der Waals surface area contributed by atoms with Gasteiger partial charge in [-0.1, -0.05) is 63.1 Å². The summed E-state index contributed by atoms with van der Waals surface area (Å²) in [4.78, 5) is 11.9. The molecular weight excluding hydrogens is 300 g/mol. The van der Waals surface area contributed by atoms with Crippen LogP contribution < -0.4 is 10.2 Å². The van der Waals surface area contributed by atoms with Crippen molar-refractivity contribution in [3.63, 3.8) is 0 Å². The normalized spacial score (nSPS) is 17.2. The van der Waals surface area contributed by atoms with Gasteiger partial charge in [0, 0.05) is 5.71 Å². The van der Waals surface area contributed by atoms with Crippen molar-refractivity contribution >= 4 is 11.6 Å². The average Bonchev–Trinajstić information content (AvgIpc) is 2.60. The molecular formula is C20H30N2O2. The number of carbonyl (C=O) groups is 1. The van der Waals surface area contributed by atoms with Crippen molar-refractivity contribution < 1.29 is 9.53 Å². The Labute approximate surface area is 145 Å². The maximum absolute atomic E-state index is 11.9. The number of hydrogen-bond acceptors (Lipinski definition) is 3. The standard InChI is InChI=1S/C20H30N2O2/c23-20(17-24-19-15-11-8-12-16-19)22-21-18-13-9-6-4-2-1-3-5-7-10-14-18/h8,11-12,15-16H,1-7,9-10,13-14,17H2,(H,22,23). The van der Waals surface area contributed by atoms with E-state index in [1.165, 1.54) is 57.8 Å². The molecule has 0 bridgehead atoms. The van der Waals surface area contributed by atoms with E-state index in [0.29, 0.717) is 5.75 Å². The summed E-state index contributed by atoms with van der Waals surface area (Å²) in [6, 6.07) is 9.37. The van der Waals surface area contributed by atoms with Crippen molar-refractivity contribution in [2.75, 3.05) is 6.61 Å². The first-order chi connectivity index (χ1) is 11.8. The third-order valence-electron chi connectivity index (χ3n) is 4.38. The van der Waals surface area contributed by atoms with Gasteiger partial charge >= 0.3 is 0 Å². The van der Waals surface area contributed by atoms with Crippen LogP contribution in [0.2, 0.25) is 0 Å². The average molecular weight is 330 g/mol. The number of carbonyl (C=O) groups excluding carboxylic acids is 1. The molecule has 1 aliphatic rings. The second-order valence-corrected chi connectivity index (χ2v) is 6.50. The Balaban J connectivity index is 1.74. The number of hydrazone groups is 1. The van der Waals surface area contributed by atoms with Crippen LogP contribution in [0.25, 0.3) is 0 Å². The second kappa shape index (κ2) is 11.7. The molecule has 1 aliphatic carbocycles. The molecule has 1 aromatic carbocycles. The fraction of sp³-hybridized carbons (Fsp3) is 0.600. The molecule has 0 spiro atoms. The molecule has 1 saturated carbocycles. The zero-order valence-electron chi connectivity index (χ0n) is 14.6. The highest BCUT2D eigenvalue weighted by Gasteiger charge is 2.05. The van der Waals surface area contributed by atoms with Crippen molar-refractivity contribution in [1.82, 2.24) is 5.43 Å². The van der Waals surface area contributed by atoms with Crippen LogP contribution in [0.4, 0.5) is 0 Å². The van der Waals surface area contributed by atoms with Gasteiger partial charge in [-0.05, 0) is 37.8 Å². The van der Waals surface area contributed by atoms with Gasteiger partial charge in [0.15, 0.2) is 6.61 Å². The quantitative estimate of drug-likeness (QED) is 0.803. The molecule has 4 nitrogen and oxygen atoms in total. The van der Waals surface area contributed by atoms with Gasteiger partial charge in [0.05, 0.1) is 0 Å². The maximum Gasteiger partial charge on any atom is 0.277 e. The van der Waals surface area contributed by atoms with E-state index in [-0.39, 0.29) is 12.5 Å². The van der Waals surface area contributed by atoms with E-state index in [2.05, 4.69) is 10.5 Å². The van der Waals surface area contributed by atoms with Crippen LogP contribution in [0.3, 0.4) is 0 Å². The van der Waals surface area contributed by atoms with Gasteiger partial charge < -0.3 is 4.74 Å². The number of benzene rings is 1. The zero-order chi connectivity index (χ0) is 16.9. The van der Waals surface area contributed by atoms with Crippen molar-refractivity contribution in [3.05, 3.63) is 30.3 Å². The van der Waals surface area contributed by atoms with E-state index in [1.54, 1.807) is 0 Å². The highest BCUT2D eigenvalue weighted by molar-refractivity contribution is 5.86. The first kappa shape index (κ1) is 18.5. The number of para-hydroxylation sites is 1. The van der Waals surface area contributed by atoms with E-state index in [9.17, 15) is 4.79 Å². The fourth-order valence-corrected chi connectivity index (χ4v) is 2.97. The third kappa shape index (κ3) is 8.14. The summed E-state index contributed by atoms with van der Waals surface area (Å²) < 4.78 is 5.44. The van der Waals surface area contributed by atoms with Crippen LogP contribution in [0.5, 0.6) is 5.75 Å². The van der Waals surface area contributed by atoms with Gasteiger partial charge in [0.2, 0.25) is 0 Å². The SMILES string of the molecule is O=C(COc1ccccc1)NN=C1CCCCCCCCCCC1. The topological polar surface area (TPSA) is 50.7 Å². The summed E-state index contributed by atoms with van der Waals surface area (Å²) in [5.74, 6) is 0.503. The monoisotopic (exact) mass is 330 g/mol. The summed E-state index contributed by atoms with van der Waals surface area (Å²) in [6.07, 6.45) is 13.6. The number of ether oxygens (including phenoxy) is 1. The van der Waals surface area contributed by atoms with Crippen LogP contribution in [-0.2, 0) is 4.79 Å². The molecule has 0 aliphatic heterocycles. The van der Waals surface area contributed by atoms with Crippen molar-refractivity contribution in [1.29, 1.82) is 0 Å². The Hall–Kier alpha value is -1.84. The Morgan fingerprint density at radius 2 is 1.42 bits per heavy atom. The minimum atomic E-state index is -0.197. The van der Waals surface area contributed by atoms with Crippen LogP contribution >= 0.6 is 0 Å². The molecule has 132 valence electrons. The number of amides is 1. The van der Waals surface area contributed by atoms with Crippen molar-refractivity contribution in [3.8, 4) is 5.75 Å². The van der Waals surface area contributed by atoms with Crippen LogP contribution in [-0.4, -0.2) is 18.2 Å². The largest absolute Gasteiger partial charge is 0.484 e. The van der Waals surface area contributed by atoms with Crippen LogP contribution in [0, 0.1) is 0 Å². The fourth-order valence-electron chi connectivity index (χ4n) is 2.97. The number of hydrogen-bond donors (Lipinski definition) is 1. The summed E-state index contributed by atoms with van der Waals surface area (Å²) in [6.45, 7) is 0.000787. The van der Waals surface area contributed by atoms with Gasteiger partial charge in [-0.25, -0.2) is 5.43 Å². The predicted octanol–water partition coefficient (Wildman–Crippen LogP) is 4.84. The van der Waals surface area contributed by atoms with E-state index < -0.39 is 0 Å². The smallest absolute Gasteiger partial charge is 0.277 e. The first-order valence-electron chi connectivity index (χ1n) is 9.37. The highest BCUT2D eigenvalue weighted by Crippen LogP contribution is 2.15. The molecule has 2 rings (SSSR count). The lowest BCUT2D eigenvalue weighted by Gasteiger charge is -2.10. The summed E-state index contributed by atoms with van der Waals surface area (Å²) in [5.41, 5.74) is 3.79. The molecule has 0 aromatic heterocycles. The van der Waals surface area contributed by atoms with Gasteiger partial charge in [-0.3, -0.25) is 4.79 Å². The zero-order valence-corrected chi connectivity index (χ0v) is 14.6. The minimum absolute atomic E-state index is 0.000787. The molecule has 24 heavy (non-hydrogen) atoms. The molecule has 1 fully saturated rings. The van der Waals surface area contributed by atoms with Crippen LogP contribution in [0.15, 0.2) is 35.4 Å². The molecule has 0 saturated heterocycles. The lowest BCUT2D eigenvalue weighted by molar-refractivity contribution is -0.123. The maximum atomic E-state index is 11.9. The van der Waals surface area contributed by atoms with Gasteiger partial charge in [0.1, 0.15) is 5.75 Å². The molecule has 0 unspecified atom stereocenters. The predicted molar refractivity (Wildman–Crippen MR) is 98.3 cm³/mol. The van der Waals surface area contributed by atoms with Gasteiger partial charge in [-0.2, -0.15) is 5.10 Å². The summed E-state index contributed by atoms with van der Waals surface area (Å²) >= 11 is 0. The van der Waals surface area contributed by atoms with E-state index >= 15 is 0 Å². The minimum Gasteiger partial charge on any atom is -0.484 e. The van der Waals surface area contributed by atoms with E-state index in [4.69, 9.17) is 4.74 Å². The molecule has 0 radical (unpaired) electrons. The lowest BCUT2D eigenvalue weighted by atomic mass is 10.00.